The Bertz CT molecular complexity index is 553. The monoisotopic (exact) mass is 300 g/mol. The number of hydrogen-bond donors (Lipinski definition) is 3. The molecule has 2 amide bonds. The Balaban J connectivity index is 1.87. The first kappa shape index (κ1) is 15.2. The summed E-state index contributed by atoms with van der Waals surface area (Å²) in [7, 11) is 0. The number of aliphatic carboxylic acids is 1. The number of carboxylic acids is 1. The predicted octanol–water partition coefficient (Wildman–Crippen LogP) is 0.864. The zero-order chi connectivity index (χ0) is 15.4. The van der Waals surface area contributed by atoms with Crippen LogP contribution in [0.3, 0.4) is 0 Å². The molecule has 0 spiro atoms. The number of halogens is 2. The van der Waals surface area contributed by atoms with Crippen LogP contribution in [0.25, 0.3) is 0 Å². The smallest absolute Gasteiger partial charge is 0.315 e. The molecule has 8 heteroatoms. The Hall–Kier alpha value is -2.22. The van der Waals surface area contributed by atoms with Crippen molar-refractivity contribution in [1.82, 2.24) is 10.6 Å². The molecule has 0 radical (unpaired) electrons. The second kappa shape index (κ2) is 6.49. The molecule has 114 valence electrons. The van der Waals surface area contributed by atoms with Gasteiger partial charge in [-0.3, -0.25) is 4.79 Å². The maximum absolute atomic E-state index is 13.4. The van der Waals surface area contributed by atoms with Crippen molar-refractivity contribution in [1.29, 1.82) is 0 Å². The van der Waals surface area contributed by atoms with Gasteiger partial charge in [-0.15, -0.1) is 0 Å². The average Bonchev–Trinajstić information content (AvgIpc) is 2.88. The summed E-state index contributed by atoms with van der Waals surface area (Å²) in [6.45, 7) is -0.0851. The van der Waals surface area contributed by atoms with Gasteiger partial charge in [-0.05, 0) is 18.2 Å². The van der Waals surface area contributed by atoms with E-state index < -0.39 is 35.6 Å². The lowest BCUT2D eigenvalue weighted by Crippen LogP contribution is -2.47. The molecule has 1 saturated heterocycles. The number of carboxylic acid groups (broad SMARTS) is 1. The summed E-state index contributed by atoms with van der Waals surface area (Å²) >= 11 is 0. The van der Waals surface area contributed by atoms with E-state index in [1.807, 2.05) is 0 Å². The molecule has 2 atom stereocenters. The molecule has 0 saturated carbocycles. The lowest BCUT2D eigenvalue weighted by molar-refractivity contribution is -0.142. The average molecular weight is 300 g/mol. The molecule has 1 aromatic rings. The molecule has 1 aromatic carbocycles. The van der Waals surface area contributed by atoms with E-state index in [-0.39, 0.29) is 25.3 Å². The van der Waals surface area contributed by atoms with E-state index >= 15 is 0 Å². The Morgan fingerprint density at radius 2 is 2.10 bits per heavy atom. The molecule has 1 heterocycles. The minimum absolute atomic E-state index is 0.00241. The van der Waals surface area contributed by atoms with Crippen LogP contribution in [-0.2, 0) is 16.1 Å². The van der Waals surface area contributed by atoms with E-state index in [0.717, 1.165) is 18.2 Å². The van der Waals surface area contributed by atoms with Gasteiger partial charge >= 0.3 is 12.0 Å². The van der Waals surface area contributed by atoms with Crippen molar-refractivity contribution in [2.45, 2.75) is 12.6 Å². The molecule has 2 unspecified atom stereocenters. The first-order valence-corrected chi connectivity index (χ1v) is 6.26. The molecule has 21 heavy (non-hydrogen) atoms. The van der Waals surface area contributed by atoms with Gasteiger partial charge in [-0.25, -0.2) is 13.6 Å². The Kier molecular flexibility index (Phi) is 4.69. The zero-order valence-electron chi connectivity index (χ0n) is 10.9. The predicted molar refractivity (Wildman–Crippen MR) is 67.5 cm³/mol. The lowest BCUT2D eigenvalue weighted by atomic mass is 10.0. The van der Waals surface area contributed by atoms with Crippen molar-refractivity contribution >= 4 is 12.0 Å². The molecule has 1 aliphatic heterocycles. The number of carbonyl (C=O) groups excluding carboxylic acids is 1. The van der Waals surface area contributed by atoms with Crippen LogP contribution in [-0.4, -0.2) is 36.4 Å². The Morgan fingerprint density at radius 3 is 2.81 bits per heavy atom. The van der Waals surface area contributed by atoms with Crippen molar-refractivity contribution in [3.8, 4) is 0 Å². The van der Waals surface area contributed by atoms with Crippen molar-refractivity contribution in [3.05, 3.63) is 35.4 Å². The Morgan fingerprint density at radius 1 is 1.33 bits per heavy atom. The van der Waals surface area contributed by atoms with Crippen molar-refractivity contribution < 1.29 is 28.2 Å². The van der Waals surface area contributed by atoms with Crippen LogP contribution < -0.4 is 10.6 Å². The summed E-state index contributed by atoms with van der Waals surface area (Å²) in [6, 6.07) is 1.61. The largest absolute Gasteiger partial charge is 0.481 e. The second-order valence-corrected chi connectivity index (χ2v) is 4.65. The minimum Gasteiger partial charge on any atom is -0.481 e. The summed E-state index contributed by atoms with van der Waals surface area (Å²) < 4.78 is 31.3. The van der Waals surface area contributed by atoms with Gasteiger partial charge in [-0.1, -0.05) is 0 Å². The number of carbonyl (C=O) groups is 2. The zero-order valence-corrected chi connectivity index (χ0v) is 10.9. The maximum Gasteiger partial charge on any atom is 0.315 e. The lowest BCUT2D eigenvalue weighted by Gasteiger charge is -2.16. The molecule has 0 bridgehead atoms. The molecule has 0 aliphatic carbocycles. The SMILES string of the molecule is O=C(NCc1cc(F)ccc1F)NC1COCC1C(=O)O. The summed E-state index contributed by atoms with van der Waals surface area (Å²) in [5.74, 6) is -3.12. The molecule has 6 nitrogen and oxygen atoms in total. The first-order chi connectivity index (χ1) is 9.97. The van der Waals surface area contributed by atoms with Crippen LogP contribution in [0.4, 0.5) is 13.6 Å². The van der Waals surface area contributed by atoms with Crippen molar-refractivity contribution in [2.24, 2.45) is 5.92 Å². The fourth-order valence-electron chi connectivity index (χ4n) is 2.01. The van der Waals surface area contributed by atoms with E-state index in [2.05, 4.69) is 10.6 Å². The number of ether oxygens (including phenoxy) is 1. The van der Waals surface area contributed by atoms with E-state index in [4.69, 9.17) is 9.84 Å². The third-order valence-corrected chi connectivity index (χ3v) is 3.16. The van der Waals surface area contributed by atoms with Crippen LogP contribution in [0.5, 0.6) is 0 Å². The van der Waals surface area contributed by atoms with E-state index in [1.54, 1.807) is 0 Å². The fraction of sp³-hybridized carbons (Fsp3) is 0.385. The maximum atomic E-state index is 13.4. The molecular weight excluding hydrogens is 286 g/mol. The summed E-state index contributed by atoms with van der Waals surface area (Å²) in [5, 5.41) is 13.7. The van der Waals surface area contributed by atoms with Gasteiger partial charge in [0.05, 0.1) is 19.3 Å². The normalized spacial score (nSPS) is 21.0. The number of amides is 2. The molecule has 3 N–H and O–H groups in total. The highest BCUT2D eigenvalue weighted by Crippen LogP contribution is 2.14. The molecule has 1 aliphatic rings. The quantitative estimate of drug-likeness (QED) is 0.770. The van der Waals surface area contributed by atoms with Gasteiger partial charge in [0, 0.05) is 12.1 Å². The molecule has 2 rings (SSSR count). The highest BCUT2D eigenvalue weighted by Gasteiger charge is 2.35. The van der Waals surface area contributed by atoms with Crippen molar-refractivity contribution in [3.63, 3.8) is 0 Å². The molecule has 1 fully saturated rings. The minimum atomic E-state index is -1.06. The molecular formula is C13H14F2N2O4. The first-order valence-electron chi connectivity index (χ1n) is 6.26. The van der Waals surface area contributed by atoms with Crippen molar-refractivity contribution in [2.75, 3.05) is 13.2 Å². The number of benzene rings is 1. The number of urea groups is 1. The third kappa shape index (κ3) is 3.88. The molecule has 0 aromatic heterocycles. The van der Waals surface area contributed by atoms with Crippen LogP contribution >= 0.6 is 0 Å². The summed E-state index contributed by atoms with van der Waals surface area (Å²) in [6.07, 6.45) is 0. The van der Waals surface area contributed by atoms with Crippen LogP contribution in [0.15, 0.2) is 18.2 Å². The van der Waals surface area contributed by atoms with Gasteiger partial charge in [-0.2, -0.15) is 0 Å². The van der Waals surface area contributed by atoms with Gasteiger partial charge < -0.3 is 20.5 Å². The van der Waals surface area contributed by atoms with Gasteiger partial charge in [0.1, 0.15) is 17.6 Å². The third-order valence-electron chi connectivity index (χ3n) is 3.16. The Labute approximate surface area is 119 Å². The summed E-state index contributed by atoms with van der Waals surface area (Å²) in [5.41, 5.74) is 0.00241. The topological polar surface area (TPSA) is 87.7 Å². The highest BCUT2D eigenvalue weighted by atomic mass is 19.1. The fourth-order valence-corrected chi connectivity index (χ4v) is 2.01. The number of hydrogen-bond acceptors (Lipinski definition) is 3. The van der Waals surface area contributed by atoms with E-state index in [1.165, 1.54) is 0 Å². The number of rotatable bonds is 4. The standard InChI is InChI=1S/C13H14F2N2O4/c14-8-1-2-10(15)7(3-8)4-16-13(20)17-11-6-21-5-9(11)12(18)19/h1-3,9,11H,4-6H2,(H,18,19)(H2,16,17,20). The van der Waals surface area contributed by atoms with Crippen LogP contribution in [0.2, 0.25) is 0 Å². The summed E-state index contributed by atoms with van der Waals surface area (Å²) in [4.78, 5) is 22.6. The van der Waals surface area contributed by atoms with Crippen LogP contribution in [0.1, 0.15) is 5.56 Å². The highest BCUT2D eigenvalue weighted by molar-refractivity contribution is 5.77. The van der Waals surface area contributed by atoms with Gasteiger partial charge in [0.25, 0.3) is 0 Å². The van der Waals surface area contributed by atoms with Gasteiger partial charge in [0.15, 0.2) is 0 Å². The van der Waals surface area contributed by atoms with E-state index in [9.17, 15) is 18.4 Å². The van der Waals surface area contributed by atoms with Gasteiger partial charge in [0.2, 0.25) is 0 Å². The second-order valence-electron chi connectivity index (χ2n) is 4.65. The van der Waals surface area contributed by atoms with E-state index in [0.29, 0.717) is 0 Å². The van der Waals surface area contributed by atoms with Crippen LogP contribution in [0, 0.1) is 17.6 Å². The number of nitrogens with one attached hydrogen (secondary N) is 2.